The van der Waals surface area contributed by atoms with Crippen LogP contribution in [0.2, 0.25) is 5.02 Å². The van der Waals surface area contributed by atoms with E-state index in [0.29, 0.717) is 6.04 Å². The molecule has 3 unspecified atom stereocenters. The van der Waals surface area contributed by atoms with Crippen LogP contribution in [0, 0.1) is 5.92 Å². The van der Waals surface area contributed by atoms with Crippen LogP contribution in [-0.4, -0.2) is 18.6 Å². The minimum absolute atomic E-state index is 0.229. The number of rotatable bonds is 4. The highest BCUT2D eigenvalue weighted by Gasteiger charge is 2.37. The summed E-state index contributed by atoms with van der Waals surface area (Å²) in [6, 6.07) is 7.25. The molecule has 1 saturated carbocycles. The third kappa shape index (κ3) is 3.07. The van der Waals surface area contributed by atoms with Crippen LogP contribution in [0.5, 0.6) is 0 Å². The molecule has 0 amide bonds. The van der Waals surface area contributed by atoms with Crippen molar-refractivity contribution in [2.75, 3.05) is 11.4 Å². The van der Waals surface area contributed by atoms with Crippen LogP contribution < -0.4 is 10.6 Å². The smallest absolute Gasteiger partial charge is 0.0642 e. The number of nitrogens with zero attached hydrogens (tertiary/aromatic N) is 1. The lowest BCUT2D eigenvalue weighted by molar-refractivity contribution is 0.342. The largest absolute Gasteiger partial charge is 0.367 e. The van der Waals surface area contributed by atoms with Gasteiger partial charge in [0.25, 0.3) is 0 Å². The third-order valence-electron chi connectivity index (χ3n) is 5.37. The van der Waals surface area contributed by atoms with Crippen LogP contribution in [0.4, 0.5) is 5.69 Å². The van der Waals surface area contributed by atoms with E-state index in [1.807, 2.05) is 6.07 Å². The van der Waals surface area contributed by atoms with Gasteiger partial charge < -0.3 is 10.6 Å². The Bertz CT molecular complexity index is 488. The van der Waals surface area contributed by atoms with Gasteiger partial charge in [-0.3, -0.25) is 0 Å². The summed E-state index contributed by atoms with van der Waals surface area (Å²) >= 11 is 6.58. The van der Waals surface area contributed by atoms with Gasteiger partial charge in [0, 0.05) is 18.6 Å². The summed E-state index contributed by atoms with van der Waals surface area (Å²) in [5.41, 5.74) is 8.80. The van der Waals surface area contributed by atoms with Crippen molar-refractivity contribution in [2.45, 2.75) is 64.0 Å². The Hall–Kier alpha value is -0.730. The standard InChI is InChI=1S/C18H27ClN2/c1-2-15(20)12-14-7-5-8-16(19)18(14)21-11-10-13-6-3-4-9-17(13)21/h5,7-8,13,15,17H,2-4,6,9-12,20H2,1H3. The van der Waals surface area contributed by atoms with E-state index < -0.39 is 0 Å². The number of para-hydroxylation sites is 1. The molecule has 1 aromatic carbocycles. The number of anilines is 1. The number of nitrogens with two attached hydrogens (primary N) is 1. The molecule has 1 aromatic rings. The second-order valence-corrected chi connectivity index (χ2v) is 7.12. The van der Waals surface area contributed by atoms with Crippen LogP contribution in [-0.2, 0) is 6.42 Å². The second kappa shape index (κ2) is 6.58. The molecule has 3 heteroatoms. The van der Waals surface area contributed by atoms with Gasteiger partial charge in [0.15, 0.2) is 0 Å². The molecule has 2 N–H and O–H groups in total. The zero-order valence-electron chi connectivity index (χ0n) is 13.0. The molecule has 116 valence electrons. The van der Waals surface area contributed by atoms with E-state index in [1.54, 1.807) is 0 Å². The summed E-state index contributed by atoms with van der Waals surface area (Å²) in [6.45, 7) is 3.31. The summed E-state index contributed by atoms with van der Waals surface area (Å²) in [4.78, 5) is 2.60. The average molecular weight is 307 g/mol. The van der Waals surface area contributed by atoms with Crippen molar-refractivity contribution < 1.29 is 0 Å². The Morgan fingerprint density at radius 1 is 1.29 bits per heavy atom. The van der Waals surface area contributed by atoms with Gasteiger partial charge in [0.1, 0.15) is 0 Å². The summed E-state index contributed by atoms with van der Waals surface area (Å²) in [7, 11) is 0. The molecule has 1 aliphatic carbocycles. The van der Waals surface area contributed by atoms with E-state index in [2.05, 4.69) is 24.0 Å². The molecule has 3 atom stereocenters. The van der Waals surface area contributed by atoms with Gasteiger partial charge >= 0.3 is 0 Å². The van der Waals surface area contributed by atoms with E-state index in [9.17, 15) is 0 Å². The van der Waals surface area contributed by atoms with Crippen molar-refractivity contribution in [3.63, 3.8) is 0 Å². The quantitative estimate of drug-likeness (QED) is 0.894. The molecule has 1 saturated heterocycles. The fourth-order valence-corrected chi connectivity index (χ4v) is 4.46. The fraction of sp³-hybridized carbons (Fsp3) is 0.667. The van der Waals surface area contributed by atoms with Crippen molar-refractivity contribution >= 4 is 17.3 Å². The number of benzene rings is 1. The van der Waals surface area contributed by atoms with Gasteiger partial charge in [-0.1, -0.05) is 43.5 Å². The van der Waals surface area contributed by atoms with Crippen LogP contribution in [0.1, 0.15) is 51.0 Å². The van der Waals surface area contributed by atoms with E-state index in [1.165, 1.54) is 43.4 Å². The Morgan fingerprint density at radius 3 is 2.90 bits per heavy atom. The number of halogens is 1. The third-order valence-corrected chi connectivity index (χ3v) is 5.68. The number of hydrogen-bond acceptors (Lipinski definition) is 2. The number of hydrogen-bond donors (Lipinski definition) is 1. The number of fused-ring (bicyclic) bond motifs is 1. The maximum absolute atomic E-state index is 6.58. The van der Waals surface area contributed by atoms with E-state index in [-0.39, 0.29) is 6.04 Å². The Kier molecular flexibility index (Phi) is 4.75. The highest BCUT2D eigenvalue weighted by molar-refractivity contribution is 6.33. The van der Waals surface area contributed by atoms with Crippen molar-refractivity contribution in [3.8, 4) is 0 Å². The SMILES string of the molecule is CCC(N)Cc1cccc(Cl)c1N1CCC2CCCCC21. The first-order valence-electron chi connectivity index (χ1n) is 8.50. The molecule has 2 nitrogen and oxygen atoms in total. The lowest BCUT2D eigenvalue weighted by atomic mass is 9.85. The molecule has 3 rings (SSSR count). The average Bonchev–Trinajstić information content (AvgIpc) is 2.91. The molecule has 1 heterocycles. The molecule has 21 heavy (non-hydrogen) atoms. The van der Waals surface area contributed by atoms with Crippen molar-refractivity contribution in [1.82, 2.24) is 0 Å². The molecule has 2 aliphatic rings. The van der Waals surface area contributed by atoms with Gasteiger partial charge in [-0.05, 0) is 49.7 Å². The van der Waals surface area contributed by atoms with Crippen LogP contribution >= 0.6 is 11.6 Å². The summed E-state index contributed by atoms with van der Waals surface area (Å²) in [5, 5.41) is 0.905. The summed E-state index contributed by atoms with van der Waals surface area (Å²) < 4.78 is 0. The van der Waals surface area contributed by atoms with Gasteiger partial charge in [0.2, 0.25) is 0 Å². The predicted octanol–water partition coefficient (Wildman–Crippen LogP) is 4.39. The van der Waals surface area contributed by atoms with Crippen LogP contribution in [0.25, 0.3) is 0 Å². The highest BCUT2D eigenvalue weighted by atomic mass is 35.5. The molecule has 2 fully saturated rings. The predicted molar refractivity (Wildman–Crippen MR) is 91.1 cm³/mol. The Labute approximate surface area is 133 Å². The van der Waals surface area contributed by atoms with E-state index in [4.69, 9.17) is 17.3 Å². The van der Waals surface area contributed by atoms with Crippen molar-refractivity contribution in [2.24, 2.45) is 11.7 Å². The maximum Gasteiger partial charge on any atom is 0.0642 e. The normalized spacial score (nSPS) is 26.7. The molecule has 1 aliphatic heterocycles. The van der Waals surface area contributed by atoms with Gasteiger partial charge in [0.05, 0.1) is 10.7 Å². The molecular weight excluding hydrogens is 280 g/mol. The maximum atomic E-state index is 6.58. The van der Waals surface area contributed by atoms with Gasteiger partial charge in [-0.2, -0.15) is 0 Å². The lowest BCUT2D eigenvalue weighted by Crippen LogP contribution is -2.36. The fourth-order valence-electron chi connectivity index (χ4n) is 4.16. The molecule has 0 aromatic heterocycles. The first-order valence-corrected chi connectivity index (χ1v) is 8.88. The molecule has 0 radical (unpaired) electrons. The Balaban J connectivity index is 1.90. The minimum atomic E-state index is 0.229. The van der Waals surface area contributed by atoms with Crippen molar-refractivity contribution in [1.29, 1.82) is 0 Å². The van der Waals surface area contributed by atoms with Crippen molar-refractivity contribution in [3.05, 3.63) is 28.8 Å². The Morgan fingerprint density at radius 2 is 2.10 bits per heavy atom. The topological polar surface area (TPSA) is 29.3 Å². The first kappa shape index (κ1) is 15.2. The molecule has 0 bridgehead atoms. The zero-order chi connectivity index (χ0) is 14.8. The van der Waals surface area contributed by atoms with Gasteiger partial charge in [-0.25, -0.2) is 0 Å². The van der Waals surface area contributed by atoms with Crippen LogP contribution in [0.3, 0.4) is 0 Å². The zero-order valence-corrected chi connectivity index (χ0v) is 13.8. The molecule has 0 spiro atoms. The summed E-state index contributed by atoms with van der Waals surface area (Å²) in [6.07, 6.45) is 8.77. The summed E-state index contributed by atoms with van der Waals surface area (Å²) in [5.74, 6) is 0.878. The van der Waals surface area contributed by atoms with E-state index in [0.717, 1.165) is 30.3 Å². The van der Waals surface area contributed by atoms with E-state index >= 15 is 0 Å². The van der Waals surface area contributed by atoms with Gasteiger partial charge in [-0.15, -0.1) is 0 Å². The van der Waals surface area contributed by atoms with Crippen LogP contribution in [0.15, 0.2) is 18.2 Å². The minimum Gasteiger partial charge on any atom is -0.367 e. The first-order chi connectivity index (χ1) is 10.2. The second-order valence-electron chi connectivity index (χ2n) is 6.71. The lowest BCUT2D eigenvalue weighted by Gasteiger charge is -2.35. The highest BCUT2D eigenvalue weighted by Crippen LogP contribution is 2.42. The molecular formula is C18H27ClN2. The monoisotopic (exact) mass is 306 g/mol.